The fourth-order valence-corrected chi connectivity index (χ4v) is 1.60. The molecule has 0 saturated carbocycles. The molecule has 0 aliphatic carbocycles. The normalized spacial score (nSPS) is 13.5. The lowest BCUT2D eigenvalue weighted by molar-refractivity contribution is -0.0208. The molecule has 0 heterocycles. The first-order chi connectivity index (χ1) is 7.91. The third-order valence-corrected chi connectivity index (χ3v) is 2.81. The maximum absolute atomic E-state index is 13.9. The van der Waals surface area contributed by atoms with Crippen LogP contribution in [0.25, 0.3) is 0 Å². The molecule has 3 nitrogen and oxygen atoms in total. The second kappa shape index (κ2) is 5.47. The van der Waals surface area contributed by atoms with Crippen LogP contribution in [0.3, 0.4) is 0 Å². The zero-order valence-corrected chi connectivity index (χ0v) is 10.7. The topological polar surface area (TPSA) is 38.7 Å². The Kier molecular flexibility index (Phi) is 4.48. The quantitative estimate of drug-likeness (QED) is 0.862. The molecule has 1 aromatic rings. The Labute approximate surface area is 101 Å². The number of benzene rings is 1. The molecule has 1 rings (SSSR count). The zero-order chi connectivity index (χ0) is 13.1. The third-order valence-electron chi connectivity index (χ3n) is 2.81. The molecule has 1 unspecified atom stereocenters. The van der Waals surface area contributed by atoms with Crippen molar-refractivity contribution in [3.63, 3.8) is 0 Å². The number of aliphatic hydroxyl groups excluding tert-OH is 1. The van der Waals surface area contributed by atoms with Gasteiger partial charge in [0.05, 0.1) is 18.8 Å². The number of hydrogen-bond acceptors (Lipinski definition) is 3. The molecule has 0 amide bonds. The predicted molar refractivity (Wildman–Crippen MR) is 63.6 cm³/mol. The second-order valence-electron chi connectivity index (χ2n) is 4.55. The highest BCUT2D eigenvalue weighted by Crippen LogP contribution is 2.30. The van der Waals surface area contributed by atoms with Crippen molar-refractivity contribution in [3.8, 4) is 5.75 Å². The zero-order valence-electron chi connectivity index (χ0n) is 10.7. The highest BCUT2D eigenvalue weighted by molar-refractivity contribution is 5.32. The van der Waals surface area contributed by atoms with Crippen molar-refractivity contribution < 1.29 is 19.0 Å². The summed E-state index contributed by atoms with van der Waals surface area (Å²) in [5.41, 5.74) is -0.274. The second-order valence-corrected chi connectivity index (χ2v) is 4.55. The van der Waals surface area contributed by atoms with Gasteiger partial charge < -0.3 is 14.6 Å². The average Bonchev–Trinajstić information content (AvgIpc) is 2.28. The first-order valence-corrected chi connectivity index (χ1v) is 5.47. The summed E-state index contributed by atoms with van der Waals surface area (Å²) in [6.07, 6.45) is -0.604. The van der Waals surface area contributed by atoms with Crippen molar-refractivity contribution in [2.45, 2.75) is 32.0 Å². The van der Waals surface area contributed by atoms with Crippen LogP contribution in [0.1, 0.15) is 31.9 Å². The predicted octanol–water partition coefficient (Wildman–Crippen LogP) is 2.68. The molecule has 0 saturated heterocycles. The fraction of sp³-hybridized carbons (Fsp3) is 0.538. The summed E-state index contributed by atoms with van der Waals surface area (Å²) in [4.78, 5) is 0. The lowest BCUT2D eigenvalue weighted by Crippen LogP contribution is -2.25. The van der Waals surface area contributed by atoms with Crippen LogP contribution in [0.2, 0.25) is 0 Å². The Balaban J connectivity index is 2.93. The SMILES string of the molecule is COc1cccc(C(O)CC(C)(C)OC)c1F. The lowest BCUT2D eigenvalue weighted by Gasteiger charge is -2.26. The van der Waals surface area contributed by atoms with Crippen LogP contribution in [-0.2, 0) is 4.74 Å². The van der Waals surface area contributed by atoms with Gasteiger partial charge in [0.15, 0.2) is 11.6 Å². The number of methoxy groups -OCH3 is 2. The molecule has 1 N–H and O–H groups in total. The highest BCUT2D eigenvalue weighted by atomic mass is 19.1. The van der Waals surface area contributed by atoms with Gasteiger partial charge in [-0.3, -0.25) is 0 Å². The van der Waals surface area contributed by atoms with Crippen molar-refractivity contribution in [1.29, 1.82) is 0 Å². The van der Waals surface area contributed by atoms with Crippen LogP contribution in [0.15, 0.2) is 18.2 Å². The monoisotopic (exact) mass is 242 g/mol. The molecule has 96 valence electrons. The molecular weight excluding hydrogens is 223 g/mol. The van der Waals surface area contributed by atoms with Crippen LogP contribution in [-0.4, -0.2) is 24.9 Å². The van der Waals surface area contributed by atoms with Gasteiger partial charge in [0.1, 0.15) is 0 Å². The van der Waals surface area contributed by atoms with Gasteiger partial charge in [-0.15, -0.1) is 0 Å². The Morgan fingerprint density at radius 3 is 2.53 bits per heavy atom. The number of rotatable bonds is 5. The molecule has 0 aliphatic rings. The van der Waals surface area contributed by atoms with Gasteiger partial charge in [-0.25, -0.2) is 4.39 Å². The standard InChI is InChI=1S/C13H19FO3/c1-13(2,17-4)8-10(15)9-6-5-7-11(16-3)12(9)14/h5-7,10,15H,8H2,1-4H3. The summed E-state index contributed by atoms with van der Waals surface area (Å²) in [6.45, 7) is 3.68. The smallest absolute Gasteiger partial charge is 0.170 e. The average molecular weight is 242 g/mol. The van der Waals surface area contributed by atoms with Gasteiger partial charge in [-0.05, 0) is 19.9 Å². The van der Waals surface area contributed by atoms with Gasteiger partial charge in [-0.1, -0.05) is 12.1 Å². The fourth-order valence-electron chi connectivity index (χ4n) is 1.60. The van der Waals surface area contributed by atoms with E-state index in [1.165, 1.54) is 13.2 Å². The number of aliphatic hydroxyl groups is 1. The van der Waals surface area contributed by atoms with Crippen molar-refractivity contribution in [2.75, 3.05) is 14.2 Å². The van der Waals surface area contributed by atoms with E-state index in [0.717, 1.165) is 0 Å². The van der Waals surface area contributed by atoms with Crippen molar-refractivity contribution in [3.05, 3.63) is 29.6 Å². The van der Waals surface area contributed by atoms with Crippen molar-refractivity contribution >= 4 is 0 Å². The Hall–Kier alpha value is -1.13. The molecule has 0 bridgehead atoms. The highest BCUT2D eigenvalue weighted by Gasteiger charge is 2.25. The summed E-state index contributed by atoms with van der Waals surface area (Å²) in [6, 6.07) is 4.72. The van der Waals surface area contributed by atoms with Crippen molar-refractivity contribution in [2.24, 2.45) is 0 Å². The van der Waals surface area contributed by atoms with E-state index in [-0.39, 0.29) is 11.3 Å². The van der Waals surface area contributed by atoms with E-state index in [1.807, 2.05) is 13.8 Å². The molecule has 4 heteroatoms. The van der Waals surface area contributed by atoms with Crippen LogP contribution in [0.5, 0.6) is 5.75 Å². The van der Waals surface area contributed by atoms with Crippen LogP contribution < -0.4 is 4.74 Å². The van der Waals surface area contributed by atoms with E-state index in [0.29, 0.717) is 6.42 Å². The Morgan fingerprint density at radius 1 is 1.35 bits per heavy atom. The first-order valence-electron chi connectivity index (χ1n) is 5.47. The van der Waals surface area contributed by atoms with Crippen LogP contribution in [0, 0.1) is 5.82 Å². The van der Waals surface area contributed by atoms with Gasteiger partial charge in [0, 0.05) is 19.1 Å². The van der Waals surface area contributed by atoms with Crippen molar-refractivity contribution in [1.82, 2.24) is 0 Å². The van der Waals surface area contributed by atoms with E-state index in [4.69, 9.17) is 9.47 Å². The number of ether oxygens (including phenoxy) is 2. The number of halogens is 1. The number of hydrogen-bond donors (Lipinski definition) is 1. The van der Waals surface area contributed by atoms with E-state index < -0.39 is 17.5 Å². The summed E-state index contributed by atoms with van der Waals surface area (Å²) in [5, 5.41) is 10.0. The molecule has 0 fully saturated rings. The van der Waals surface area contributed by atoms with Crippen LogP contribution >= 0.6 is 0 Å². The molecule has 0 radical (unpaired) electrons. The van der Waals surface area contributed by atoms with Crippen LogP contribution in [0.4, 0.5) is 4.39 Å². The third kappa shape index (κ3) is 3.41. The molecule has 17 heavy (non-hydrogen) atoms. The molecule has 1 atom stereocenters. The van der Waals surface area contributed by atoms with Gasteiger partial charge >= 0.3 is 0 Å². The molecule has 0 aromatic heterocycles. The maximum Gasteiger partial charge on any atom is 0.170 e. The lowest BCUT2D eigenvalue weighted by atomic mass is 9.95. The molecule has 0 aliphatic heterocycles. The maximum atomic E-state index is 13.9. The first kappa shape index (κ1) is 13.9. The largest absolute Gasteiger partial charge is 0.494 e. The Morgan fingerprint density at radius 2 is 2.00 bits per heavy atom. The Bertz CT molecular complexity index is 377. The summed E-state index contributed by atoms with van der Waals surface area (Å²) in [5.74, 6) is -0.383. The van der Waals surface area contributed by atoms with Gasteiger partial charge in [-0.2, -0.15) is 0 Å². The minimum absolute atomic E-state index is 0.136. The van der Waals surface area contributed by atoms with E-state index in [1.54, 1.807) is 19.2 Å². The van der Waals surface area contributed by atoms with E-state index in [9.17, 15) is 9.50 Å². The summed E-state index contributed by atoms with van der Waals surface area (Å²) < 4.78 is 24.0. The molecular formula is C13H19FO3. The van der Waals surface area contributed by atoms with E-state index in [2.05, 4.69) is 0 Å². The summed E-state index contributed by atoms with van der Waals surface area (Å²) in [7, 11) is 2.96. The molecule has 0 spiro atoms. The summed E-state index contributed by atoms with van der Waals surface area (Å²) >= 11 is 0. The molecule has 1 aromatic carbocycles. The van der Waals surface area contributed by atoms with Gasteiger partial charge in [0.25, 0.3) is 0 Å². The minimum atomic E-state index is -0.917. The van der Waals surface area contributed by atoms with E-state index >= 15 is 0 Å². The minimum Gasteiger partial charge on any atom is -0.494 e. The van der Waals surface area contributed by atoms with Gasteiger partial charge in [0.2, 0.25) is 0 Å².